The van der Waals surface area contributed by atoms with Crippen LogP contribution in [-0.2, 0) is 0 Å². The molecule has 0 saturated carbocycles. The topological polar surface area (TPSA) is 43.3 Å². The third-order valence-electron chi connectivity index (χ3n) is 2.13. The van der Waals surface area contributed by atoms with Crippen molar-refractivity contribution in [2.24, 2.45) is 0 Å². The lowest BCUT2D eigenvalue weighted by Crippen LogP contribution is -1.98. The highest BCUT2D eigenvalue weighted by Gasteiger charge is 2.10. The molecular formula is C9H10FN3. The number of nitrogen functional groups attached to an aromatic ring is 1. The molecule has 0 unspecified atom stereocenters. The first-order valence-electron chi connectivity index (χ1n) is 4.01. The number of pyridine rings is 1. The SMILES string of the molecule is Cc1nc2c(F)ccc(C)n2c1N. The molecule has 0 aliphatic heterocycles. The first-order valence-corrected chi connectivity index (χ1v) is 4.01. The van der Waals surface area contributed by atoms with Crippen LogP contribution in [0.4, 0.5) is 10.2 Å². The number of aromatic nitrogens is 2. The Bertz CT molecular complexity index is 473. The second-order valence-electron chi connectivity index (χ2n) is 3.06. The number of nitrogens with zero attached hydrogens (tertiary/aromatic N) is 2. The second kappa shape index (κ2) is 2.45. The summed E-state index contributed by atoms with van der Waals surface area (Å²) in [5.41, 5.74) is 7.59. The number of hydrogen-bond acceptors (Lipinski definition) is 2. The van der Waals surface area contributed by atoms with Gasteiger partial charge in [0.05, 0.1) is 5.69 Å². The van der Waals surface area contributed by atoms with E-state index in [2.05, 4.69) is 4.98 Å². The van der Waals surface area contributed by atoms with Crippen LogP contribution in [0.3, 0.4) is 0 Å². The average Bonchev–Trinajstić information content (AvgIpc) is 2.38. The van der Waals surface area contributed by atoms with Crippen molar-refractivity contribution in [1.82, 2.24) is 9.38 Å². The van der Waals surface area contributed by atoms with Crippen molar-refractivity contribution in [3.05, 3.63) is 29.3 Å². The Kier molecular flexibility index (Phi) is 1.52. The Morgan fingerprint density at radius 1 is 1.38 bits per heavy atom. The fraction of sp³-hybridized carbons (Fsp3) is 0.222. The molecule has 0 aliphatic rings. The fourth-order valence-corrected chi connectivity index (χ4v) is 1.40. The average molecular weight is 179 g/mol. The number of nitrogens with two attached hydrogens (primary N) is 1. The summed E-state index contributed by atoms with van der Waals surface area (Å²) in [6.45, 7) is 3.63. The minimum atomic E-state index is -0.342. The van der Waals surface area contributed by atoms with E-state index in [0.717, 1.165) is 5.69 Å². The van der Waals surface area contributed by atoms with Gasteiger partial charge in [-0.3, -0.25) is 4.40 Å². The molecule has 2 aromatic heterocycles. The van der Waals surface area contributed by atoms with Crippen molar-refractivity contribution in [3.8, 4) is 0 Å². The van der Waals surface area contributed by atoms with Crippen molar-refractivity contribution < 1.29 is 4.39 Å². The molecule has 2 aromatic rings. The summed E-state index contributed by atoms with van der Waals surface area (Å²) in [4.78, 5) is 4.04. The number of halogens is 1. The molecule has 0 radical (unpaired) electrons. The Balaban J connectivity index is 3.00. The standard InChI is InChI=1S/C9H10FN3/c1-5-3-4-7(10)9-12-6(2)8(11)13(5)9/h3-4H,11H2,1-2H3. The minimum absolute atomic E-state index is 0.301. The van der Waals surface area contributed by atoms with Gasteiger partial charge in [-0.2, -0.15) is 0 Å². The van der Waals surface area contributed by atoms with E-state index in [0.29, 0.717) is 17.2 Å². The van der Waals surface area contributed by atoms with Gasteiger partial charge in [0.2, 0.25) is 0 Å². The lowest BCUT2D eigenvalue weighted by atomic mass is 10.3. The van der Waals surface area contributed by atoms with Gasteiger partial charge in [0.1, 0.15) is 5.82 Å². The van der Waals surface area contributed by atoms with Crippen LogP contribution in [0.5, 0.6) is 0 Å². The molecule has 13 heavy (non-hydrogen) atoms. The lowest BCUT2D eigenvalue weighted by molar-refractivity contribution is 0.629. The van der Waals surface area contributed by atoms with Gasteiger partial charge in [-0.05, 0) is 26.0 Å². The van der Waals surface area contributed by atoms with E-state index in [1.165, 1.54) is 6.07 Å². The van der Waals surface area contributed by atoms with Gasteiger partial charge in [0.25, 0.3) is 0 Å². The highest BCUT2D eigenvalue weighted by atomic mass is 19.1. The smallest absolute Gasteiger partial charge is 0.175 e. The van der Waals surface area contributed by atoms with Crippen LogP contribution < -0.4 is 5.73 Å². The third-order valence-corrected chi connectivity index (χ3v) is 2.13. The van der Waals surface area contributed by atoms with Crippen LogP contribution in [0.25, 0.3) is 5.65 Å². The van der Waals surface area contributed by atoms with Crippen LogP contribution in [-0.4, -0.2) is 9.38 Å². The van der Waals surface area contributed by atoms with Gasteiger partial charge < -0.3 is 5.73 Å². The summed E-state index contributed by atoms with van der Waals surface area (Å²) in [5.74, 6) is 0.164. The predicted octanol–water partition coefficient (Wildman–Crippen LogP) is 1.67. The summed E-state index contributed by atoms with van der Waals surface area (Å²) in [6.07, 6.45) is 0. The number of rotatable bonds is 0. The molecule has 0 fully saturated rings. The summed E-state index contributed by atoms with van der Waals surface area (Å²) < 4.78 is 14.8. The Morgan fingerprint density at radius 3 is 2.69 bits per heavy atom. The zero-order valence-corrected chi connectivity index (χ0v) is 7.50. The summed E-state index contributed by atoms with van der Waals surface area (Å²) in [7, 11) is 0. The van der Waals surface area contributed by atoms with E-state index in [1.54, 1.807) is 17.4 Å². The number of aryl methyl sites for hydroxylation is 2. The highest BCUT2D eigenvalue weighted by molar-refractivity contribution is 5.54. The Labute approximate surface area is 75.0 Å². The molecule has 0 spiro atoms. The van der Waals surface area contributed by atoms with Crippen molar-refractivity contribution in [1.29, 1.82) is 0 Å². The zero-order chi connectivity index (χ0) is 9.59. The molecule has 68 valence electrons. The molecule has 2 heterocycles. The third kappa shape index (κ3) is 0.983. The van der Waals surface area contributed by atoms with Gasteiger partial charge >= 0.3 is 0 Å². The largest absolute Gasteiger partial charge is 0.383 e. The maximum Gasteiger partial charge on any atom is 0.175 e. The Hall–Kier alpha value is -1.58. The van der Waals surface area contributed by atoms with Crippen molar-refractivity contribution in [3.63, 3.8) is 0 Å². The second-order valence-corrected chi connectivity index (χ2v) is 3.06. The van der Waals surface area contributed by atoms with E-state index in [4.69, 9.17) is 5.73 Å². The summed E-state index contributed by atoms with van der Waals surface area (Å²) in [6, 6.07) is 3.08. The van der Waals surface area contributed by atoms with Crippen LogP contribution >= 0.6 is 0 Å². The molecule has 0 atom stereocenters. The van der Waals surface area contributed by atoms with Crippen molar-refractivity contribution in [2.75, 3.05) is 5.73 Å². The predicted molar refractivity (Wildman–Crippen MR) is 49.0 cm³/mol. The van der Waals surface area contributed by atoms with E-state index in [1.807, 2.05) is 6.92 Å². The van der Waals surface area contributed by atoms with Crippen LogP contribution in [0, 0.1) is 19.7 Å². The molecule has 0 saturated heterocycles. The zero-order valence-electron chi connectivity index (χ0n) is 7.50. The molecule has 2 rings (SSSR count). The molecule has 4 heteroatoms. The molecule has 0 aromatic carbocycles. The Morgan fingerprint density at radius 2 is 2.08 bits per heavy atom. The van der Waals surface area contributed by atoms with Crippen LogP contribution in [0.2, 0.25) is 0 Å². The number of imidazole rings is 1. The molecule has 0 aliphatic carbocycles. The first-order chi connectivity index (χ1) is 6.11. The van der Waals surface area contributed by atoms with E-state index in [9.17, 15) is 4.39 Å². The normalized spacial score (nSPS) is 11.0. The van der Waals surface area contributed by atoms with Crippen LogP contribution in [0.1, 0.15) is 11.4 Å². The fourth-order valence-electron chi connectivity index (χ4n) is 1.40. The van der Waals surface area contributed by atoms with Crippen molar-refractivity contribution >= 4 is 11.5 Å². The summed E-state index contributed by atoms with van der Waals surface area (Å²) >= 11 is 0. The van der Waals surface area contributed by atoms with Gasteiger partial charge in [-0.15, -0.1) is 0 Å². The number of hydrogen-bond donors (Lipinski definition) is 1. The van der Waals surface area contributed by atoms with E-state index >= 15 is 0 Å². The summed E-state index contributed by atoms with van der Waals surface area (Å²) in [5, 5.41) is 0. The lowest BCUT2D eigenvalue weighted by Gasteiger charge is -2.01. The van der Waals surface area contributed by atoms with Crippen LogP contribution in [0.15, 0.2) is 12.1 Å². The monoisotopic (exact) mass is 179 g/mol. The number of fused-ring (bicyclic) bond motifs is 1. The van der Waals surface area contributed by atoms with Gasteiger partial charge in [0.15, 0.2) is 11.5 Å². The quantitative estimate of drug-likeness (QED) is 0.668. The van der Waals surface area contributed by atoms with E-state index < -0.39 is 0 Å². The van der Waals surface area contributed by atoms with Gasteiger partial charge in [-0.1, -0.05) is 0 Å². The molecule has 3 nitrogen and oxygen atoms in total. The van der Waals surface area contributed by atoms with E-state index in [-0.39, 0.29) is 5.82 Å². The molecular weight excluding hydrogens is 169 g/mol. The number of anilines is 1. The van der Waals surface area contributed by atoms with Gasteiger partial charge in [0, 0.05) is 5.69 Å². The molecule has 0 amide bonds. The maximum atomic E-state index is 13.2. The molecule has 2 N–H and O–H groups in total. The first kappa shape index (κ1) is 8.04. The minimum Gasteiger partial charge on any atom is -0.383 e. The van der Waals surface area contributed by atoms with Crippen molar-refractivity contribution in [2.45, 2.75) is 13.8 Å². The molecule has 0 bridgehead atoms. The van der Waals surface area contributed by atoms with Gasteiger partial charge in [-0.25, -0.2) is 9.37 Å². The highest BCUT2D eigenvalue weighted by Crippen LogP contribution is 2.18. The maximum absolute atomic E-state index is 13.2.